The Kier molecular flexibility index (Phi) is 5.70. The number of benzene rings is 2. The van der Waals surface area contributed by atoms with Crippen molar-refractivity contribution in [1.29, 1.82) is 0 Å². The third-order valence-electron chi connectivity index (χ3n) is 4.93. The molecule has 7 heteroatoms. The molecule has 0 radical (unpaired) electrons. The summed E-state index contributed by atoms with van der Waals surface area (Å²) in [5.74, 6) is -0.615. The fourth-order valence-corrected chi connectivity index (χ4v) is 3.52. The Bertz CT molecular complexity index is 759. The lowest BCUT2D eigenvalue weighted by molar-refractivity contribution is -1.02. The van der Waals surface area contributed by atoms with Crippen LogP contribution in [0, 0.1) is 10.1 Å². The molecule has 26 heavy (non-hydrogen) atoms. The number of quaternary nitrogens is 2. The standard InChI is InChI=1S/C19H23N3O4/c1-26-18-12-16(11-17(19(18)23)22(24)25)14-21-9-7-20(8-10-21)13-15-5-3-2-4-6-15/h2-6,11-12,23H,7-10,13-14H2,1H3/p+1. The minimum Gasteiger partial charge on any atom is -0.865 e. The summed E-state index contributed by atoms with van der Waals surface area (Å²) in [5.41, 5.74) is 1.71. The molecule has 1 aliphatic rings. The Morgan fingerprint density at radius 3 is 2.12 bits per heavy atom. The van der Waals surface area contributed by atoms with Crippen molar-refractivity contribution in [3.05, 3.63) is 63.7 Å². The molecule has 0 spiro atoms. The first-order chi connectivity index (χ1) is 12.6. The molecule has 1 fully saturated rings. The van der Waals surface area contributed by atoms with Crippen molar-refractivity contribution in [2.45, 2.75) is 13.1 Å². The summed E-state index contributed by atoms with van der Waals surface area (Å²) in [6.07, 6.45) is 0. The maximum atomic E-state index is 11.9. The van der Waals surface area contributed by atoms with E-state index in [4.69, 9.17) is 4.74 Å². The minimum absolute atomic E-state index is 0.0435. The van der Waals surface area contributed by atoms with Gasteiger partial charge < -0.3 is 19.6 Å². The molecule has 2 N–H and O–H groups in total. The lowest BCUT2D eigenvalue weighted by Crippen LogP contribution is -3.27. The topological polar surface area (TPSA) is 84.3 Å². The molecule has 1 aliphatic heterocycles. The third kappa shape index (κ3) is 4.30. The van der Waals surface area contributed by atoms with Gasteiger partial charge in [-0.3, -0.25) is 10.1 Å². The van der Waals surface area contributed by atoms with Crippen LogP contribution in [0.25, 0.3) is 0 Å². The highest BCUT2D eigenvalue weighted by Gasteiger charge is 2.24. The SMILES string of the molecule is COc1cc(C[NH+]2CC[NH+](Cc3ccccc3)CC2)cc([N+](=O)[O-])c1[O-]. The van der Waals surface area contributed by atoms with Crippen LogP contribution in [0.5, 0.6) is 11.5 Å². The molecule has 2 aromatic carbocycles. The summed E-state index contributed by atoms with van der Waals surface area (Å²) in [5, 5.41) is 23.0. The predicted molar refractivity (Wildman–Crippen MR) is 94.3 cm³/mol. The van der Waals surface area contributed by atoms with E-state index in [1.165, 1.54) is 23.6 Å². The molecule has 0 atom stereocenters. The summed E-state index contributed by atoms with van der Waals surface area (Å²) in [4.78, 5) is 13.4. The summed E-state index contributed by atoms with van der Waals surface area (Å²) in [7, 11) is 1.36. The molecule has 0 bridgehead atoms. The van der Waals surface area contributed by atoms with E-state index in [0.29, 0.717) is 6.54 Å². The zero-order valence-electron chi connectivity index (χ0n) is 14.9. The first kappa shape index (κ1) is 18.2. The maximum Gasteiger partial charge on any atom is 0.265 e. The molecule has 0 unspecified atom stereocenters. The fraction of sp³-hybridized carbons (Fsp3) is 0.368. The highest BCUT2D eigenvalue weighted by Crippen LogP contribution is 2.34. The molecule has 3 rings (SSSR count). The van der Waals surface area contributed by atoms with Crippen molar-refractivity contribution < 1.29 is 24.6 Å². The van der Waals surface area contributed by atoms with Gasteiger partial charge in [0, 0.05) is 22.9 Å². The zero-order chi connectivity index (χ0) is 18.5. The first-order valence-electron chi connectivity index (χ1n) is 8.80. The average Bonchev–Trinajstić information content (AvgIpc) is 2.65. The normalized spacial score (nSPS) is 19.9. The largest absolute Gasteiger partial charge is 0.865 e. The summed E-state index contributed by atoms with van der Waals surface area (Å²) in [6.45, 7) is 5.80. The molecule has 7 nitrogen and oxygen atoms in total. The second kappa shape index (κ2) is 8.16. The van der Waals surface area contributed by atoms with Crippen LogP contribution >= 0.6 is 0 Å². The van der Waals surface area contributed by atoms with Gasteiger partial charge in [-0.15, -0.1) is 0 Å². The van der Waals surface area contributed by atoms with Gasteiger partial charge in [-0.25, -0.2) is 0 Å². The van der Waals surface area contributed by atoms with Gasteiger partial charge in [0.05, 0.1) is 12.0 Å². The van der Waals surface area contributed by atoms with Gasteiger partial charge in [-0.1, -0.05) is 30.3 Å². The van der Waals surface area contributed by atoms with Gasteiger partial charge in [0.2, 0.25) is 0 Å². The van der Waals surface area contributed by atoms with Crippen molar-refractivity contribution >= 4 is 5.69 Å². The highest BCUT2D eigenvalue weighted by atomic mass is 16.6. The fourth-order valence-electron chi connectivity index (χ4n) is 3.52. The van der Waals surface area contributed by atoms with E-state index in [-0.39, 0.29) is 5.75 Å². The predicted octanol–water partition coefficient (Wildman–Crippen LogP) is -0.839. The van der Waals surface area contributed by atoms with Crippen molar-refractivity contribution in [1.82, 2.24) is 0 Å². The Hall–Kier alpha value is -2.64. The molecule has 0 amide bonds. The number of methoxy groups -OCH3 is 1. The lowest BCUT2D eigenvalue weighted by atomic mass is 10.1. The van der Waals surface area contributed by atoms with Crippen LogP contribution in [-0.2, 0) is 13.1 Å². The molecular formula is C19H24N3O4+. The maximum absolute atomic E-state index is 11.9. The van der Waals surface area contributed by atoms with Gasteiger partial charge in [0.1, 0.15) is 45.0 Å². The number of nitrogens with zero attached hydrogens (tertiary/aromatic N) is 1. The number of piperazine rings is 1. The molecule has 0 saturated carbocycles. The van der Waals surface area contributed by atoms with E-state index < -0.39 is 16.4 Å². The smallest absolute Gasteiger partial charge is 0.265 e. The van der Waals surface area contributed by atoms with Gasteiger partial charge in [-0.05, 0) is 6.07 Å². The van der Waals surface area contributed by atoms with Crippen molar-refractivity contribution in [2.24, 2.45) is 0 Å². The van der Waals surface area contributed by atoms with Crippen LogP contribution in [-0.4, -0.2) is 38.2 Å². The van der Waals surface area contributed by atoms with E-state index >= 15 is 0 Å². The van der Waals surface area contributed by atoms with Crippen LogP contribution in [0.4, 0.5) is 5.69 Å². The minimum atomic E-state index is -0.659. The van der Waals surface area contributed by atoms with E-state index in [2.05, 4.69) is 24.3 Å². The van der Waals surface area contributed by atoms with Crippen LogP contribution in [0.1, 0.15) is 11.1 Å². The van der Waals surface area contributed by atoms with Crippen LogP contribution in [0.3, 0.4) is 0 Å². The number of hydrogen-bond donors (Lipinski definition) is 2. The quantitative estimate of drug-likeness (QED) is 0.521. The number of nitro benzene ring substituents is 1. The summed E-state index contributed by atoms with van der Waals surface area (Å²) < 4.78 is 5.02. The zero-order valence-corrected chi connectivity index (χ0v) is 14.9. The monoisotopic (exact) mass is 358 g/mol. The number of nitro groups is 1. The Labute approximate surface area is 152 Å². The van der Waals surface area contributed by atoms with Crippen molar-refractivity contribution in [3.8, 4) is 11.5 Å². The summed E-state index contributed by atoms with van der Waals surface area (Å²) in [6, 6.07) is 13.5. The Morgan fingerprint density at radius 1 is 1.00 bits per heavy atom. The van der Waals surface area contributed by atoms with Gasteiger partial charge in [-0.2, -0.15) is 0 Å². The molecule has 138 valence electrons. The van der Waals surface area contributed by atoms with Crippen molar-refractivity contribution in [2.75, 3.05) is 33.3 Å². The third-order valence-corrected chi connectivity index (χ3v) is 4.93. The van der Waals surface area contributed by atoms with Crippen LogP contribution < -0.4 is 19.6 Å². The van der Waals surface area contributed by atoms with Gasteiger partial charge >= 0.3 is 0 Å². The average molecular weight is 358 g/mol. The number of hydrogen-bond acceptors (Lipinski definition) is 4. The molecule has 0 aliphatic carbocycles. The summed E-state index contributed by atoms with van der Waals surface area (Å²) >= 11 is 0. The van der Waals surface area contributed by atoms with E-state index in [1.54, 1.807) is 11.0 Å². The molecule has 1 saturated heterocycles. The Balaban J connectivity index is 1.61. The van der Waals surface area contributed by atoms with Gasteiger partial charge in [0.25, 0.3) is 5.69 Å². The number of nitrogens with one attached hydrogen (secondary N) is 2. The molecule has 0 aromatic heterocycles. The molecular weight excluding hydrogens is 334 g/mol. The lowest BCUT2D eigenvalue weighted by Gasteiger charge is -2.30. The van der Waals surface area contributed by atoms with Crippen LogP contribution in [0.15, 0.2) is 42.5 Å². The second-order valence-corrected chi connectivity index (χ2v) is 6.74. The molecule has 1 heterocycles. The molecule has 2 aromatic rings. The van der Waals surface area contributed by atoms with Crippen molar-refractivity contribution in [3.63, 3.8) is 0 Å². The van der Waals surface area contributed by atoms with E-state index in [9.17, 15) is 15.2 Å². The van der Waals surface area contributed by atoms with E-state index in [0.717, 1.165) is 38.3 Å². The Morgan fingerprint density at radius 2 is 1.58 bits per heavy atom. The number of rotatable bonds is 6. The highest BCUT2D eigenvalue weighted by molar-refractivity contribution is 5.56. The van der Waals surface area contributed by atoms with E-state index in [1.807, 2.05) is 6.07 Å². The number of ether oxygens (including phenoxy) is 1. The van der Waals surface area contributed by atoms with Gasteiger partial charge in [0.15, 0.2) is 0 Å². The first-order valence-corrected chi connectivity index (χ1v) is 8.80. The van der Waals surface area contributed by atoms with Crippen LogP contribution in [0.2, 0.25) is 0 Å². The second-order valence-electron chi connectivity index (χ2n) is 6.74.